The second-order valence-electron chi connectivity index (χ2n) is 7.58. The van der Waals surface area contributed by atoms with Crippen molar-refractivity contribution in [2.75, 3.05) is 13.2 Å². The van der Waals surface area contributed by atoms with E-state index in [0.29, 0.717) is 46.4 Å². The molecule has 6 nitrogen and oxygen atoms in total. The Balaban J connectivity index is 1.52. The van der Waals surface area contributed by atoms with Crippen molar-refractivity contribution >= 4 is 62.1 Å². The lowest BCUT2D eigenvalue weighted by Crippen LogP contribution is -2.19. The van der Waals surface area contributed by atoms with Crippen LogP contribution < -0.4 is 19.5 Å². The first-order valence-corrected chi connectivity index (χ1v) is 13.3. The van der Waals surface area contributed by atoms with E-state index in [1.54, 1.807) is 6.08 Å². The number of carbonyl (C=O) groups excluding carboxylic acids is 1. The summed E-state index contributed by atoms with van der Waals surface area (Å²) in [5, 5.41) is 4.01. The number of thioether (sulfide) groups is 1. The van der Waals surface area contributed by atoms with E-state index in [4.69, 9.17) is 25.8 Å². The van der Waals surface area contributed by atoms with Gasteiger partial charge in [-0.15, -0.1) is 0 Å². The molecule has 0 unspecified atom stereocenters. The van der Waals surface area contributed by atoms with E-state index < -0.39 is 0 Å². The fourth-order valence-corrected chi connectivity index (χ4v) is 4.70. The van der Waals surface area contributed by atoms with Gasteiger partial charge in [0.25, 0.3) is 5.91 Å². The van der Waals surface area contributed by atoms with Gasteiger partial charge in [0.05, 0.1) is 23.8 Å². The summed E-state index contributed by atoms with van der Waals surface area (Å²) in [4.78, 5) is 17.7. The van der Waals surface area contributed by atoms with Crippen molar-refractivity contribution in [3.05, 3.63) is 86.2 Å². The number of halogens is 2. The predicted molar refractivity (Wildman–Crippen MR) is 150 cm³/mol. The molecule has 0 bridgehead atoms. The molecule has 3 aromatic carbocycles. The van der Waals surface area contributed by atoms with Crippen LogP contribution in [0.1, 0.15) is 25.0 Å². The van der Waals surface area contributed by atoms with Crippen LogP contribution in [0.15, 0.2) is 75.0 Å². The van der Waals surface area contributed by atoms with E-state index >= 15 is 0 Å². The number of nitrogens with zero attached hydrogens (tertiary/aromatic N) is 1. The molecule has 9 heteroatoms. The Morgan fingerprint density at radius 2 is 1.67 bits per heavy atom. The molecule has 0 radical (unpaired) electrons. The van der Waals surface area contributed by atoms with E-state index in [1.807, 2.05) is 74.5 Å². The van der Waals surface area contributed by atoms with Crippen molar-refractivity contribution in [1.29, 1.82) is 0 Å². The summed E-state index contributed by atoms with van der Waals surface area (Å²) in [7, 11) is 0. The minimum Gasteiger partial charge on any atom is -0.494 e. The van der Waals surface area contributed by atoms with E-state index in [-0.39, 0.29) is 5.91 Å². The first kappa shape index (κ1) is 26.1. The SMILES string of the molecule is CCOc1ccc(N=C2NC(=O)/C(=C\c3cc(OCC)c(OCc4ccc(Cl)cc4)cc3Br)S2)cc1. The van der Waals surface area contributed by atoms with E-state index in [2.05, 4.69) is 26.2 Å². The zero-order valence-corrected chi connectivity index (χ0v) is 22.9. The average Bonchev–Trinajstić information content (AvgIpc) is 3.21. The Morgan fingerprint density at radius 3 is 2.36 bits per heavy atom. The molecular weight excluding hydrogens is 564 g/mol. The van der Waals surface area contributed by atoms with Gasteiger partial charge in [0.2, 0.25) is 0 Å². The van der Waals surface area contributed by atoms with Crippen LogP contribution in [0.2, 0.25) is 5.02 Å². The van der Waals surface area contributed by atoms with Gasteiger partial charge in [0.1, 0.15) is 12.4 Å². The highest BCUT2D eigenvalue weighted by molar-refractivity contribution is 9.10. The number of carbonyl (C=O) groups is 1. The highest BCUT2D eigenvalue weighted by Crippen LogP contribution is 2.37. The molecule has 186 valence electrons. The van der Waals surface area contributed by atoms with Crippen molar-refractivity contribution in [2.45, 2.75) is 20.5 Å². The summed E-state index contributed by atoms with van der Waals surface area (Å²) in [6.07, 6.45) is 1.80. The van der Waals surface area contributed by atoms with Gasteiger partial charge in [0, 0.05) is 9.50 Å². The van der Waals surface area contributed by atoms with Crippen LogP contribution in [-0.2, 0) is 11.4 Å². The minimum absolute atomic E-state index is 0.211. The molecule has 1 heterocycles. The summed E-state index contributed by atoms with van der Waals surface area (Å²) in [6.45, 7) is 5.29. The van der Waals surface area contributed by atoms with Gasteiger partial charge in [-0.2, -0.15) is 0 Å². The van der Waals surface area contributed by atoms with Gasteiger partial charge < -0.3 is 19.5 Å². The Bertz CT molecular complexity index is 1290. The minimum atomic E-state index is -0.211. The highest BCUT2D eigenvalue weighted by Gasteiger charge is 2.24. The van der Waals surface area contributed by atoms with Gasteiger partial charge >= 0.3 is 0 Å². The summed E-state index contributed by atoms with van der Waals surface area (Å²) < 4.78 is 18.1. The van der Waals surface area contributed by atoms with Gasteiger partial charge in [0.15, 0.2) is 16.7 Å². The topological polar surface area (TPSA) is 69.2 Å². The summed E-state index contributed by atoms with van der Waals surface area (Å²) in [6, 6.07) is 18.6. The second kappa shape index (κ2) is 12.3. The quantitative estimate of drug-likeness (QED) is 0.265. The maximum absolute atomic E-state index is 12.6. The average molecular weight is 588 g/mol. The molecule has 3 aromatic rings. The molecular formula is C27H24BrClN2O4S. The summed E-state index contributed by atoms with van der Waals surface area (Å²) in [5.41, 5.74) is 2.50. The molecule has 1 aliphatic rings. The van der Waals surface area contributed by atoms with Crippen molar-refractivity contribution in [3.8, 4) is 17.2 Å². The van der Waals surface area contributed by atoms with Crippen molar-refractivity contribution in [1.82, 2.24) is 5.32 Å². The summed E-state index contributed by atoms with van der Waals surface area (Å²) >= 11 is 10.8. The number of nitrogens with one attached hydrogen (secondary N) is 1. The van der Waals surface area contributed by atoms with Crippen LogP contribution in [-0.4, -0.2) is 24.3 Å². The zero-order valence-electron chi connectivity index (χ0n) is 19.7. The number of hydrogen-bond donors (Lipinski definition) is 1. The number of amides is 1. The molecule has 0 aromatic heterocycles. The molecule has 1 fully saturated rings. The molecule has 1 N–H and O–H groups in total. The van der Waals surface area contributed by atoms with Gasteiger partial charge in [-0.3, -0.25) is 4.79 Å². The lowest BCUT2D eigenvalue weighted by Gasteiger charge is -2.14. The predicted octanol–water partition coefficient (Wildman–Crippen LogP) is 7.37. The van der Waals surface area contributed by atoms with E-state index in [9.17, 15) is 4.79 Å². The van der Waals surface area contributed by atoms with Gasteiger partial charge in [-0.1, -0.05) is 39.7 Å². The fraction of sp³-hybridized carbons (Fsp3) is 0.185. The third-order valence-electron chi connectivity index (χ3n) is 4.99. The smallest absolute Gasteiger partial charge is 0.264 e. The lowest BCUT2D eigenvalue weighted by atomic mass is 10.1. The molecule has 1 saturated heterocycles. The third kappa shape index (κ3) is 6.84. The largest absolute Gasteiger partial charge is 0.494 e. The standard InChI is InChI=1S/C27H24BrClN2O4S/c1-3-33-21-11-9-20(10-12-21)30-27-31-26(32)25(36-27)14-18-13-23(34-4-2)24(15-22(18)28)35-16-17-5-7-19(29)8-6-17/h5-15H,3-4,16H2,1-2H3,(H,30,31,32)/b25-14+. The number of benzene rings is 3. The molecule has 0 spiro atoms. The fourth-order valence-electron chi connectivity index (χ4n) is 3.31. The van der Waals surface area contributed by atoms with Crippen LogP contribution in [0.4, 0.5) is 5.69 Å². The first-order chi connectivity index (χ1) is 17.4. The van der Waals surface area contributed by atoms with Crippen LogP contribution in [0.5, 0.6) is 17.2 Å². The normalized spacial score (nSPS) is 15.3. The Hall–Kier alpha value is -2.94. The maximum Gasteiger partial charge on any atom is 0.264 e. The molecule has 0 saturated carbocycles. The maximum atomic E-state index is 12.6. The van der Waals surface area contributed by atoms with Crippen LogP contribution in [0.3, 0.4) is 0 Å². The molecule has 0 atom stereocenters. The van der Waals surface area contributed by atoms with Crippen LogP contribution in [0.25, 0.3) is 6.08 Å². The van der Waals surface area contributed by atoms with Crippen LogP contribution in [0, 0.1) is 0 Å². The molecule has 1 amide bonds. The van der Waals surface area contributed by atoms with Crippen molar-refractivity contribution in [2.24, 2.45) is 4.99 Å². The van der Waals surface area contributed by atoms with Gasteiger partial charge in [-0.05, 0) is 91.3 Å². The Kier molecular flexibility index (Phi) is 8.96. The Labute approximate surface area is 227 Å². The van der Waals surface area contributed by atoms with Gasteiger partial charge in [-0.25, -0.2) is 4.99 Å². The number of aliphatic imine (C=N–C) groups is 1. The molecule has 0 aliphatic carbocycles. The van der Waals surface area contributed by atoms with Crippen molar-refractivity contribution in [3.63, 3.8) is 0 Å². The number of ether oxygens (including phenoxy) is 3. The molecule has 1 aliphatic heterocycles. The monoisotopic (exact) mass is 586 g/mol. The van der Waals surface area contributed by atoms with E-state index in [0.717, 1.165) is 27.0 Å². The zero-order chi connectivity index (χ0) is 25.5. The van der Waals surface area contributed by atoms with Crippen LogP contribution >= 0.6 is 39.3 Å². The number of rotatable bonds is 9. The second-order valence-corrected chi connectivity index (χ2v) is 9.90. The lowest BCUT2D eigenvalue weighted by molar-refractivity contribution is -0.115. The number of hydrogen-bond acceptors (Lipinski definition) is 6. The third-order valence-corrected chi connectivity index (χ3v) is 6.83. The van der Waals surface area contributed by atoms with E-state index in [1.165, 1.54) is 11.8 Å². The molecule has 36 heavy (non-hydrogen) atoms. The first-order valence-electron chi connectivity index (χ1n) is 11.3. The number of amidine groups is 1. The van der Waals surface area contributed by atoms with Crippen molar-refractivity contribution < 1.29 is 19.0 Å². The Morgan fingerprint density at radius 1 is 0.972 bits per heavy atom. The highest BCUT2D eigenvalue weighted by atomic mass is 79.9. The summed E-state index contributed by atoms with van der Waals surface area (Å²) in [5.74, 6) is 1.76. The molecule has 4 rings (SSSR count).